The Balaban J connectivity index is 2.08. The van der Waals surface area contributed by atoms with Crippen LogP contribution >= 0.6 is 0 Å². The first-order valence-corrected chi connectivity index (χ1v) is 6.38. The van der Waals surface area contributed by atoms with Crippen molar-refractivity contribution >= 4 is 0 Å². The first-order valence-electron chi connectivity index (χ1n) is 6.38. The highest BCUT2D eigenvalue weighted by Gasteiger charge is 2.16. The van der Waals surface area contributed by atoms with Gasteiger partial charge in [0, 0.05) is 18.8 Å². The Morgan fingerprint density at radius 2 is 1.94 bits per heavy atom. The van der Waals surface area contributed by atoms with Gasteiger partial charge in [-0.2, -0.15) is 5.10 Å². The Hall–Kier alpha value is -1.61. The van der Waals surface area contributed by atoms with E-state index >= 15 is 0 Å². The molecule has 0 spiro atoms. The number of benzene rings is 1. The fourth-order valence-electron chi connectivity index (χ4n) is 2.32. The molecule has 0 saturated heterocycles. The van der Waals surface area contributed by atoms with Crippen LogP contribution in [-0.2, 0) is 13.5 Å². The van der Waals surface area contributed by atoms with E-state index in [2.05, 4.69) is 30.2 Å². The van der Waals surface area contributed by atoms with Gasteiger partial charge in [-0.05, 0) is 30.9 Å². The zero-order valence-corrected chi connectivity index (χ0v) is 11.3. The van der Waals surface area contributed by atoms with Crippen LogP contribution in [0.25, 0.3) is 0 Å². The SMILES string of the molecule is Cc1cc(CC(C)C(N)c2ccccc2)n(C)n1. The van der Waals surface area contributed by atoms with Gasteiger partial charge in [-0.25, -0.2) is 0 Å². The fraction of sp³-hybridized carbons (Fsp3) is 0.400. The molecule has 2 rings (SSSR count). The van der Waals surface area contributed by atoms with Gasteiger partial charge in [0.05, 0.1) is 5.69 Å². The third-order valence-electron chi connectivity index (χ3n) is 3.43. The molecule has 2 aromatic rings. The van der Waals surface area contributed by atoms with Gasteiger partial charge < -0.3 is 5.73 Å². The third-order valence-corrected chi connectivity index (χ3v) is 3.43. The number of hydrogen-bond acceptors (Lipinski definition) is 2. The smallest absolute Gasteiger partial charge is 0.0596 e. The predicted octanol–water partition coefficient (Wildman–Crippen LogP) is 2.61. The van der Waals surface area contributed by atoms with Gasteiger partial charge >= 0.3 is 0 Å². The normalized spacial score (nSPS) is 14.4. The Morgan fingerprint density at radius 3 is 2.50 bits per heavy atom. The van der Waals surface area contributed by atoms with Crippen molar-refractivity contribution in [1.82, 2.24) is 9.78 Å². The van der Waals surface area contributed by atoms with Crippen LogP contribution in [0.3, 0.4) is 0 Å². The van der Waals surface area contributed by atoms with E-state index in [9.17, 15) is 0 Å². The average molecular weight is 243 g/mol. The number of nitrogens with zero attached hydrogens (tertiary/aromatic N) is 2. The van der Waals surface area contributed by atoms with Crippen molar-refractivity contribution in [3.05, 3.63) is 53.3 Å². The summed E-state index contributed by atoms with van der Waals surface area (Å²) < 4.78 is 1.95. The van der Waals surface area contributed by atoms with Crippen LogP contribution in [0.4, 0.5) is 0 Å². The monoisotopic (exact) mass is 243 g/mol. The summed E-state index contributed by atoms with van der Waals surface area (Å²) in [6, 6.07) is 12.5. The zero-order valence-electron chi connectivity index (χ0n) is 11.3. The van der Waals surface area contributed by atoms with Crippen LogP contribution in [-0.4, -0.2) is 9.78 Å². The van der Waals surface area contributed by atoms with E-state index in [1.54, 1.807) is 0 Å². The Morgan fingerprint density at radius 1 is 1.28 bits per heavy atom. The molecule has 3 nitrogen and oxygen atoms in total. The molecule has 1 aromatic carbocycles. The quantitative estimate of drug-likeness (QED) is 0.897. The minimum atomic E-state index is 0.0707. The lowest BCUT2D eigenvalue weighted by Gasteiger charge is -2.20. The van der Waals surface area contributed by atoms with Gasteiger partial charge in [0.25, 0.3) is 0 Å². The van der Waals surface area contributed by atoms with E-state index in [4.69, 9.17) is 5.73 Å². The molecule has 1 aromatic heterocycles. The van der Waals surface area contributed by atoms with Crippen LogP contribution < -0.4 is 5.73 Å². The average Bonchev–Trinajstić information content (AvgIpc) is 2.68. The fourth-order valence-corrected chi connectivity index (χ4v) is 2.32. The molecule has 3 heteroatoms. The highest BCUT2D eigenvalue weighted by Crippen LogP contribution is 2.22. The zero-order chi connectivity index (χ0) is 13.1. The second-order valence-corrected chi connectivity index (χ2v) is 5.02. The second-order valence-electron chi connectivity index (χ2n) is 5.02. The minimum Gasteiger partial charge on any atom is -0.324 e. The number of rotatable bonds is 4. The van der Waals surface area contributed by atoms with Crippen molar-refractivity contribution in [3.63, 3.8) is 0 Å². The summed E-state index contributed by atoms with van der Waals surface area (Å²) in [4.78, 5) is 0. The lowest BCUT2D eigenvalue weighted by molar-refractivity contribution is 0.454. The second kappa shape index (κ2) is 5.36. The molecule has 0 saturated carbocycles. The Bertz CT molecular complexity index is 502. The van der Waals surface area contributed by atoms with Crippen LogP contribution in [0.1, 0.15) is 29.9 Å². The highest BCUT2D eigenvalue weighted by atomic mass is 15.3. The molecule has 0 aliphatic heterocycles. The lowest BCUT2D eigenvalue weighted by Crippen LogP contribution is -2.21. The molecule has 0 bridgehead atoms. The molecule has 18 heavy (non-hydrogen) atoms. The molecule has 1 heterocycles. The largest absolute Gasteiger partial charge is 0.324 e. The van der Waals surface area contributed by atoms with Crippen molar-refractivity contribution in [2.45, 2.75) is 26.3 Å². The molecular formula is C15H21N3. The van der Waals surface area contributed by atoms with E-state index in [0.717, 1.165) is 12.1 Å². The summed E-state index contributed by atoms with van der Waals surface area (Å²) >= 11 is 0. The summed E-state index contributed by atoms with van der Waals surface area (Å²) in [6.07, 6.45) is 0.952. The van der Waals surface area contributed by atoms with Gasteiger partial charge in [-0.1, -0.05) is 37.3 Å². The maximum absolute atomic E-state index is 6.31. The molecular weight excluding hydrogens is 222 g/mol. The summed E-state index contributed by atoms with van der Waals surface area (Å²) in [6.45, 7) is 4.21. The van der Waals surface area contributed by atoms with Gasteiger partial charge in [-0.15, -0.1) is 0 Å². The van der Waals surface area contributed by atoms with E-state index < -0.39 is 0 Å². The molecule has 0 radical (unpaired) electrons. The summed E-state index contributed by atoms with van der Waals surface area (Å²) in [5.41, 5.74) is 9.82. The molecule has 0 amide bonds. The number of aryl methyl sites for hydroxylation is 2. The topological polar surface area (TPSA) is 43.8 Å². The lowest BCUT2D eigenvalue weighted by atomic mass is 9.91. The van der Waals surface area contributed by atoms with Gasteiger partial charge in [-0.3, -0.25) is 4.68 Å². The standard InChI is InChI=1S/C15H21N3/c1-11(9-14-10-12(2)17-18(14)3)15(16)13-7-5-4-6-8-13/h4-8,10-11,15H,9,16H2,1-3H3. The van der Waals surface area contributed by atoms with Crippen molar-refractivity contribution in [1.29, 1.82) is 0 Å². The molecule has 2 unspecified atom stereocenters. The van der Waals surface area contributed by atoms with E-state index in [1.165, 1.54) is 11.3 Å². The van der Waals surface area contributed by atoms with Gasteiger partial charge in [0.2, 0.25) is 0 Å². The highest BCUT2D eigenvalue weighted by molar-refractivity contribution is 5.20. The maximum Gasteiger partial charge on any atom is 0.0596 e. The van der Waals surface area contributed by atoms with Crippen LogP contribution in [0.15, 0.2) is 36.4 Å². The van der Waals surface area contributed by atoms with Crippen LogP contribution in [0.2, 0.25) is 0 Å². The number of hydrogen-bond donors (Lipinski definition) is 1. The van der Waals surface area contributed by atoms with Crippen molar-refractivity contribution in [3.8, 4) is 0 Å². The maximum atomic E-state index is 6.31. The van der Waals surface area contributed by atoms with Crippen molar-refractivity contribution < 1.29 is 0 Å². The molecule has 0 aliphatic rings. The number of aromatic nitrogens is 2. The first-order chi connectivity index (χ1) is 8.58. The molecule has 2 atom stereocenters. The number of nitrogens with two attached hydrogens (primary N) is 1. The molecule has 0 aliphatic carbocycles. The van der Waals surface area contributed by atoms with E-state index in [1.807, 2.05) is 36.9 Å². The summed E-state index contributed by atoms with van der Waals surface area (Å²) in [5, 5.41) is 4.37. The van der Waals surface area contributed by atoms with E-state index in [0.29, 0.717) is 5.92 Å². The Kier molecular flexibility index (Phi) is 3.82. The van der Waals surface area contributed by atoms with Gasteiger partial charge in [0.15, 0.2) is 0 Å². The molecule has 0 fully saturated rings. The summed E-state index contributed by atoms with van der Waals surface area (Å²) in [7, 11) is 1.99. The molecule has 2 N–H and O–H groups in total. The van der Waals surface area contributed by atoms with Crippen LogP contribution in [0, 0.1) is 12.8 Å². The summed E-state index contributed by atoms with van der Waals surface area (Å²) in [5.74, 6) is 0.391. The Labute approximate surface area is 109 Å². The molecule has 96 valence electrons. The van der Waals surface area contributed by atoms with Crippen LogP contribution in [0.5, 0.6) is 0 Å². The first kappa shape index (κ1) is 12.8. The van der Waals surface area contributed by atoms with Gasteiger partial charge in [0.1, 0.15) is 0 Å². The minimum absolute atomic E-state index is 0.0707. The van der Waals surface area contributed by atoms with Crippen molar-refractivity contribution in [2.24, 2.45) is 18.7 Å². The van der Waals surface area contributed by atoms with E-state index in [-0.39, 0.29) is 6.04 Å². The third kappa shape index (κ3) is 2.79. The predicted molar refractivity (Wildman–Crippen MR) is 74.2 cm³/mol. The van der Waals surface area contributed by atoms with Crippen molar-refractivity contribution in [2.75, 3.05) is 0 Å².